The zero-order valence-corrected chi connectivity index (χ0v) is 27.5. The van der Waals surface area contributed by atoms with Crippen LogP contribution in [0.3, 0.4) is 0 Å². The van der Waals surface area contributed by atoms with Gasteiger partial charge in [-0.15, -0.1) is 0 Å². The molecule has 2 heterocycles. The van der Waals surface area contributed by atoms with Gasteiger partial charge in [-0.25, -0.2) is 4.99 Å². The molecule has 2 aliphatic carbocycles. The van der Waals surface area contributed by atoms with Crippen molar-refractivity contribution in [1.82, 2.24) is 4.90 Å². The molecule has 0 spiro atoms. The Kier molecular flexibility index (Phi) is 8.25. The summed E-state index contributed by atoms with van der Waals surface area (Å²) in [6.07, 6.45) is 7.49. The van der Waals surface area contributed by atoms with Gasteiger partial charge in [0.1, 0.15) is 5.76 Å². The van der Waals surface area contributed by atoms with E-state index in [1.807, 2.05) is 65.8 Å². The third-order valence-corrected chi connectivity index (χ3v) is 8.87. The second kappa shape index (κ2) is 11.5. The van der Waals surface area contributed by atoms with E-state index in [0.717, 1.165) is 74.4 Å². The number of fused-ring (bicyclic) bond motifs is 2. The highest BCUT2D eigenvalue weighted by Crippen LogP contribution is 2.45. The number of rotatable bonds is 4. The Morgan fingerprint density at radius 1 is 0.909 bits per heavy atom. The number of hydrogen-bond donors (Lipinski definition) is 2. The fourth-order valence-electron chi connectivity index (χ4n) is 6.16. The smallest absolute Gasteiger partial charge is 0.251 e. The lowest BCUT2D eigenvalue weighted by Crippen LogP contribution is -2.33. The molecule has 234 valence electrons. The van der Waals surface area contributed by atoms with Crippen LogP contribution in [0.4, 0.5) is 11.4 Å². The van der Waals surface area contributed by atoms with Crippen LogP contribution in [-0.4, -0.2) is 59.5 Å². The molecule has 0 aromatic heterocycles. The molecule has 8 nitrogen and oxygen atoms in total. The molecule has 0 saturated carbocycles. The van der Waals surface area contributed by atoms with Gasteiger partial charge in [0, 0.05) is 59.5 Å². The molecule has 1 aromatic carbocycles. The average molecular weight is 599 g/mol. The minimum atomic E-state index is -0.704. The molecule has 1 fully saturated rings. The van der Waals surface area contributed by atoms with Crippen LogP contribution in [0.25, 0.3) is 5.57 Å². The molecule has 5 rings (SSSR count). The Balaban J connectivity index is 1.68. The third kappa shape index (κ3) is 5.66. The number of nitrogens with zero attached hydrogens (tertiary/aromatic N) is 3. The van der Waals surface area contributed by atoms with Gasteiger partial charge in [0.2, 0.25) is 11.7 Å². The van der Waals surface area contributed by atoms with Crippen molar-refractivity contribution in [3.63, 3.8) is 0 Å². The lowest BCUT2D eigenvalue weighted by atomic mass is 9.76. The molecule has 2 amide bonds. The van der Waals surface area contributed by atoms with Crippen molar-refractivity contribution in [2.75, 3.05) is 36.4 Å². The average Bonchev–Trinajstić information content (AvgIpc) is 2.96. The summed E-state index contributed by atoms with van der Waals surface area (Å²) in [6, 6.07) is 3.90. The number of nitrogens with one attached hydrogen (secondary N) is 1. The van der Waals surface area contributed by atoms with Crippen LogP contribution in [0.2, 0.25) is 0 Å². The van der Waals surface area contributed by atoms with Crippen LogP contribution < -0.4 is 10.2 Å². The van der Waals surface area contributed by atoms with Crippen LogP contribution in [0, 0.1) is 10.8 Å². The van der Waals surface area contributed by atoms with Gasteiger partial charge in [-0.2, -0.15) is 0 Å². The summed E-state index contributed by atoms with van der Waals surface area (Å²) in [7, 11) is 0. The Labute approximate surface area is 261 Å². The summed E-state index contributed by atoms with van der Waals surface area (Å²) in [5.41, 5.74) is 5.10. The maximum absolute atomic E-state index is 14.1. The number of aryl methyl sites for hydroxylation is 1. The zero-order valence-electron chi connectivity index (χ0n) is 27.5. The minimum absolute atomic E-state index is 0.132. The Bertz CT molecular complexity index is 1590. The van der Waals surface area contributed by atoms with Gasteiger partial charge in [-0.1, -0.05) is 41.5 Å². The molecule has 4 aliphatic rings. The summed E-state index contributed by atoms with van der Waals surface area (Å²) in [5, 5.41) is 14.7. The highest BCUT2D eigenvalue weighted by Gasteiger charge is 2.41. The van der Waals surface area contributed by atoms with Crippen molar-refractivity contribution < 1.29 is 19.5 Å². The fraction of sp³-hybridized carbons (Fsp3) is 0.500. The van der Waals surface area contributed by atoms with Gasteiger partial charge in [0.15, 0.2) is 0 Å². The first-order valence-corrected chi connectivity index (χ1v) is 15.9. The SMILES string of the molecule is CCN1CCCC2=C/C(=C3/C(=O)C(c4cc5c(cc4NC(=O)C(C)(C)C)N(CC)CCC5)=C3O)C(=NC(=O)C(C)(C)C)C=C21. The van der Waals surface area contributed by atoms with Crippen LogP contribution in [0.5, 0.6) is 0 Å². The van der Waals surface area contributed by atoms with E-state index in [-0.39, 0.29) is 34.5 Å². The topological polar surface area (TPSA) is 102 Å². The molecule has 0 bridgehead atoms. The lowest BCUT2D eigenvalue weighted by Gasteiger charge is -2.36. The predicted octanol–water partition coefficient (Wildman–Crippen LogP) is 6.55. The molecule has 44 heavy (non-hydrogen) atoms. The number of likely N-dealkylation sites (tertiary alicyclic amines) is 1. The molecule has 0 unspecified atom stereocenters. The number of carbonyl (C=O) groups excluding carboxylic acids is 3. The summed E-state index contributed by atoms with van der Waals surface area (Å²) < 4.78 is 0. The number of amides is 2. The molecule has 1 aromatic rings. The summed E-state index contributed by atoms with van der Waals surface area (Å²) in [6.45, 7) is 18.7. The largest absolute Gasteiger partial charge is 0.506 e. The number of piperidine rings is 1. The zero-order chi connectivity index (χ0) is 32.1. The number of ketones is 1. The second-order valence-electron chi connectivity index (χ2n) is 14.2. The molecule has 2 aliphatic heterocycles. The first kappa shape index (κ1) is 31.5. The van der Waals surface area contributed by atoms with E-state index in [1.165, 1.54) is 0 Å². The molecular formula is C36H46N4O4. The Morgan fingerprint density at radius 3 is 2.18 bits per heavy atom. The second-order valence-corrected chi connectivity index (χ2v) is 14.2. The Hall–Kier alpha value is -3.94. The number of aliphatic imine (C=N–C) groups is 1. The van der Waals surface area contributed by atoms with Gasteiger partial charge in [0.05, 0.1) is 22.5 Å². The molecular weight excluding hydrogens is 552 g/mol. The molecule has 8 heteroatoms. The summed E-state index contributed by atoms with van der Waals surface area (Å²) in [4.78, 5) is 49.4. The van der Waals surface area contributed by atoms with Crippen molar-refractivity contribution in [1.29, 1.82) is 0 Å². The van der Waals surface area contributed by atoms with Crippen molar-refractivity contribution in [3.05, 3.63) is 63.6 Å². The van der Waals surface area contributed by atoms with Gasteiger partial charge >= 0.3 is 0 Å². The van der Waals surface area contributed by atoms with Crippen LogP contribution >= 0.6 is 0 Å². The minimum Gasteiger partial charge on any atom is -0.506 e. The number of benzene rings is 1. The van der Waals surface area contributed by atoms with Crippen LogP contribution in [0.15, 0.2) is 57.5 Å². The molecule has 0 atom stereocenters. The number of likely N-dealkylation sites (N-methyl/N-ethyl adjacent to an activating group) is 1. The van der Waals surface area contributed by atoms with Gasteiger partial charge in [-0.3, -0.25) is 14.4 Å². The highest BCUT2D eigenvalue weighted by atomic mass is 16.3. The number of hydrogen-bond acceptors (Lipinski definition) is 6. The van der Waals surface area contributed by atoms with E-state index in [0.29, 0.717) is 22.5 Å². The van der Waals surface area contributed by atoms with Crippen molar-refractivity contribution >= 4 is 40.3 Å². The Morgan fingerprint density at radius 2 is 1.57 bits per heavy atom. The van der Waals surface area contributed by atoms with Crippen molar-refractivity contribution in [3.8, 4) is 0 Å². The first-order chi connectivity index (χ1) is 20.6. The molecule has 2 N–H and O–H groups in total. The molecule has 1 saturated heterocycles. The van der Waals surface area contributed by atoms with Crippen molar-refractivity contribution in [2.45, 2.75) is 81.1 Å². The molecule has 0 radical (unpaired) electrons. The number of aliphatic hydroxyl groups excluding tert-OH is 1. The quantitative estimate of drug-likeness (QED) is 0.382. The maximum Gasteiger partial charge on any atom is 0.251 e. The van der Waals surface area contributed by atoms with E-state index in [9.17, 15) is 19.5 Å². The van der Waals surface area contributed by atoms with Crippen LogP contribution in [0.1, 0.15) is 85.8 Å². The van der Waals surface area contributed by atoms with E-state index in [2.05, 4.69) is 34.0 Å². The standard InChI is InChI=1S/C36H46N4O4/c1-9-39-15-11-13-21-17-23(25(19-27(21)39)37-33(43)35(3,4)5)29-31(41)30(32(29)42)24-18-22-14-12-16-40(10-2)28(22)20-26(24)38-34(44)36(6,7)8/h17-20,41H,9-16H2,1-8H3,(H,37,43)/b30-24-,38-26?. The maximum atomic E-state index is 14.1. The van der Waals surface area contributed by atoms with E-state index in [4.69, 9.17) is 0 Å². The number of aliphatic hydroxyl groups is 1. The monoisotopic (exact) mass is 598 g/mol. The van der Waals surface area contributed by atoms with Gasteiger partial charge in [-0.05, 0) is 75.0 Å². The third-order valence-electron chi connectivity index (χ3n) is 8.87. The first-order valence-electron chi connectivity index (χ1n) is 15.9. The predicted molar refractivity (Wildman–Crippen MR) is 177 cm³/mol. The van der Waals surface area contributed by atoms with Crippen molar-refractivity contribution in [2.24, 2.45) is 15.8 Å². The van der Waals surface area contributed by atoms with Gasteiger partial charge < -0.3 is 20.2 Å². The number of Topliss-reactive ketones (excluding diaryl/α,β-unsaturated/α-hetero) is 1. The fourth-order valence-corrected chi connectivity index (χ4v) is 6.16. The van der Waals surface area contributed by atoms with Gasteiger partial charge in [0.25, 0.3) is 5.91 Å². The van der Waals surface area contributed by atoms with E-state index >= 15 is 0 Å². The summed E-state index contributed by atoms with van der Waals surface area (Å²) in [5.74, 6) is -0.923. The van der Waals surface area contributed by atoms with E-state index in [1.54, 1.807) is 0 Å². The lowest BCUT2D eigenvalue weighted by molar-refractivity contribution is -0.125. The number of carbonyl (C=O) groups is 3. The number of allylic oxidation sites excluding steroid dienone is 6. The highest BCUT2D eigenvalue weighted by molar-refractivity contribution is 6.42. The summed E-state index contributed by atoms with van der Waals surface area (Å²) >= 11 is 0. The number of anilines is 2. The van der Waals surface area contributed by atoms with E-state index < -0.39 is 10.8 Å². The van der Waals surface area contributed by atoms with Crippen LogP contribution in [-0.2, 0) is 20.8 Å². The normalized spacial score (nSPS) is 21.5.